The fourth-order valence-corrected chi connectivity index (χ4v) is 3.26. The topological polar surface area (TPSA) is 45.4 Å². The fourth-order valence-electron chi connectivity index (χ4n) is 3.14. The molecule has 0 radical (unpaired) electrons. The number of aromatic nitrogens is 1. The van der Waals surface area contributed by atoms with Gasteiger partial charge in [-0.3, -0.25) is 4.57 Å². The number of rotatable bonds is 3. The first-order valence-electron chi connectivity index (χ1n) is 8.20. The third-order valence-corrected chi connectivity index (χ3v) is 4.58. The van der Waals surface area contributed by atoms with Crippen LogP contribution in [0.2, 0.25) is 5.02 Å². The average Bonchev–Trinajstić information content (AvgIpc) is 2.94. The standard InChI is InChI=1S/C22H16ClNO2/c23-17-11-13-18(14-12-17)24-21(25)19(15-7-3-1-4-8-15)20(22(24)26)16-9-5-2-6-10-16/h1-14,25-26H. The van der Waals surface area contributed by atoms with Crippen molar-refractivity contribution >= 4 is 11.6 Å². The van der Waals surface area contributed by atoms with Gasteiger partial charge in [-0.25, -0.2) is 0 Å². The Labute approximate surface area is 156 Å². The van der Waals surface area contributed by atoms with E-state index in [1.807, 2.05) is 60.7 Å². The first-order valence-corrected chi connectivity index (χ1v) is 8.58. The lowest BCUT2D eigenvalue weighted by molar-refractivity contribution is 0.404. The second-order valence-corrected chi connectivity index (χ2v) is 6.38. The van der Waals surface area contributed by atoms with E-state index in [2.05, 4.69) is 0 Å². The molecule has 0 fully saturated rings. The third kappa shape index (κ3) is 2.72. The van der Waals surface area contributed by atoms with Gasteiger partial charge in [0.05, 0.1) is 16.8 Å². The van der Waals surface area contributed by atoms with Crippen molar-refractivity contribution in [3.8, 4) is 39.7 Å². The van der Waals surface area contributed by atoms with Gasteiger partial charge in [-0.1, -0.05) is 72.3 Å². The molecule has 0 amide bonds. The van der Waals surface area contributed by atoms with E-state index in [0.717, 1.165) is 11.1 Å². The molecule has 4 rings (SSSR count). The summed E-state index contributed by atoms with van der Waals surface area (Å²) >= 11 is 5.97. The van der Waals surface area contributed by atoms with Crippen molar-refractivity contribution in [1.82, 2.24) is 4.57 Å². The van der Waals surface area contributed by atoms with Gasteiger partial charge >= 0.3 is 0 Å². The van der Waals surface area contributed by atoms with Gasteiger partial charge in [-0.05, 0) is 35.4 Å². The second-order valence-electron chi connectivity index (χ2n) is 5.94. The van der Waals surface area contributed by atoms with Gasteiger partial charge < -0.3 is 10.2 Å². The normalized spacial score (nSPS) is 10.8. The summed E-state index contributed by atoms with van der Waals surface area (Å²) in [4.78, 5) is 0. The third-order valence-electron chi connectivity index (χ3n) is 4.33. The summed E-state index contributed by atoms with van der Waals surface area (Å²) in [5.41, 5.74) is 3.45. The van der Waals surface area contributed by atoms with Crippen LogP contribution in [0.25, 0.3) is 27.9 Å². The molecule has 0 aliphatic heterocycles. The molecule has 26 heavy (non-hydrogen) atoms. The van der Waals surface area contributed by atoms with Crippen molar-refractivity contribution in [2.45, 2.75) is 0 Å². The van der Waals surface area contributed by atoms with Crippen molar-refractivity contribution in [2.24, 2.45) is 0 Å². The van der Waals surface area contributed by atoms with Crippen molar-refractivity contribution < 1.29 is 10.2 Å². The number of aromatic hydroxyl groups is 2. The van der Waals surface area contributed by atoms with Crippen LogP contribution in [0.1, 0.15) is 0 Å². The number of nitrogens with zero attached hydrogens (tertiary/aromatic N) is 1. The predicted molar refractivity (Wildman–Crippen MR) is 105 cm³/mol. The highest BCUT2D eigenvalue weighted by Gasteiger charge is 2.25. The van der Waals surface area contributed by atoms with Crippen LogP contribution in [0.4, 0.5) is 0 Å². The van der Waals surface area contributed by atoms with E-state index < -0.39 is 0 Å². The Hall–Kier alpha value is -3.17. The van der Waals surface area contributed by atoms with Crippen LogP contribution in [0.5, 0.6) is 11.8 Å². The van der Waals surface area contributed by atoms with Crippen LogP contribution in [0.3, 0.4) is 0 Å². The largest absolute Gasteiger partial charge is 0.494 e. The van der Waals surface area contributed by atoms with Crippen LogP contribution in [0.15, 0.2) is 84.9 Å². The van der Waals surface area contributed by atoms with Gasteiger partial charge in [0.15, 0.2) is 0 Å². The smallest absolute Gasteiger partial charge is 0.207 e. The quantitative estimate of drug-likeness (QED) is 0.479. The summed E-state index contributed by atoms with van der Waals surface area (Å²) in [5.74, 6) is -0.0373. The number of benzene rings is 3. The SMILES string of the molecule is Oc1c(-c2ccccc2)c(-c2ccccc2)c(O)n1-c1ccc(Cl)cc1. The first kappa shape index (κ1) is 16.3. The van der Waals surface area contributed by atoms with Crippen molar-refractivity contribution in [3.05, 3.63) is 90.0 Å². The van der Waals surface area contributed by atoms with E-state index in [-0.39, 0.29) is 11.8 Å². The molecular weight excluding hydrogens is 346 g/mol. The Kier molecular flexibility index (Phi) is 4.15. The Balaban J connectivity index is 2.04. The molecule has 0 aliphatic rings. The van der Waals surface area contributed by atoms with Crippen LogP contribution in [-0.4, -0.2) is 14.8 Å². The Morgan fingerprint density at radius 2 is 1.00 bits per heavy atom. The number of hydrogen-bond donors (Lipinski definition) is 2. The Bertz CT molecular complexity index is 976. The molecule has 4 aromatic rings. The summed E-state index contributed by atoms with van der Waals surface area (Å²) < 4.78 is 1.43. The zero-order chi connectivity index (χ0) is 18.1. The van der Waals surface area contributed by atoms with Crippen LogP contribution in [0, 0.1) is 0 Å². The molecule has 0 atom stereocenters. The lowest BCUT2D eigenvalue weighted by atomic mass is 9.98. The van der Waals surface area contributed by atoms with Gasteiger partial charge in [-0.2, -0.15) is 0 Å². The fraction of sp³-hybridized carbons (Fsp3) is 0. The maximum atomic E-state index is 11.0. The zero-order valence-electron chi connectivity index (χ0n) is 13.8. The summed E-state index contributed by atoms with van der Waals surface area (Å²) in [7, 11) is 0. The molecule has 0 aliphatic carbocycles. The van der Waals surface area contributed by atoms with Crippen molar-refractivity contribution in [3.63, 3.8) is 0 Å². The molecule has 1 heterocycles. The Morgan fingerprint density at radius 3 is 1.42 bits per heavy atom. The molecule has 128 valence electrons. The molecular formula is C22H16ClNO2. The molecule has 2 N–H and O–H groups in total. The highest BCUT2D eigenvalue weighted by molar-refractivity contribution is 6.30. The zero-order valence-corrected chi connectivity index (χ0v) is 14.6. The van der Waals surface area contributed by atoms with Gasteiger partial charge in [0.2, 0.25) is 11.8 Å². The summed E-state index contributed by atoms with van der Waals surface area (Å²) in [5, 5.41) is 22.6. The second kappa shape index (κ2) is 6.62. The lowest BCUT2D eigenvalue weighted by Crippen LogP contribution is -1.92. The van der Waals surface area contributed by atoms with Gasteiger partial charge in [0.1, 0.15) is 0 Å². The maximum absolute atomic E-state index is 11.0. The van der Waals surface area contributed by atoms with E-state index in [0.29, 0.717) is 21.8 Å². The van der Waals surface area contributed by atoms with Gasteiger partial charge in [-0.15, -0.1) is 0 Å². The van der Waals surface area contributed by atoms with E-state index in [1.54, 1.807) is 24.3 Å². The maximum Gasteiger partial charge on any atom is 0.207 e. The summed E-state index contributed by atoms with van der Waals surface area (Å²) in [6.45, 7) is 0. The molecule has 3 aromatic carbocycles. The Morgan fingerprint density at radius 1 is 0.577 bits per heavy atom. The van der Waals surface area contributed by atoms with E-state index in [9.17, 15) is 10.2 Å². The molecule has 3 nitrogen and oxygen atoms in total. The average molecular weight is 362 g/mol. The van der Waals surface area contributed by atoms with E-state index in [4.69, 9.17) is 11.6 Å². The molecule has 0 unspecified atom stereocenters. The molecule has 4 heteroatoms. The number of halogens is 1. The molecule has 0 spiro atoms. The minimum Gasteiger partial charge on any atom is -0.494 e. The van der Waals surface area contributed by atoms with Gasteiger partial charge in [0.25, 0.3) is 0 Å². The highest BCUT2D eigenvalue weighted by Crippen LogP contribution is 2.48. The highest BCUT2D eigenvalue weighted by atomic mass is 35.5. The lowest BCUT2D eigenvalue weighted by Gasteiger charge is -2.07. The molecule has 0 saturated carbocycles. The van der Waals surface area contributed by atoms with Crippen LogP contribution >= 0.6 is 11.6 Å². The minimum absolute atomic E-state index is 0.0186. The molecule has 0 bridgehead atoms. The summed E-state index contributed by atoms with van der Waals surface area (Å²) in [6.07, 6.45) is 0. The first-order chi connectivity index (χ1) is 12.7. The van der Waals surface area contributed by atoms with Crippen LogP contribution < -0.4 is 0 Å². The molecule has 1 aromatic heterocycles. The minimum atomic E-state index is -0.0186. The van der Waals surface area contributed by atoms with E-state index >= 15 is 0 Å². The van der Waals surface area contributed by atoms with Gasteiger partial charge in [0, 0.05) is 5.02 Å². The van der Waals surface area contributed by atoms with Crippen molar-refractivity contribution in [2.75, 3.05) is 0 Å². The van der Waals surface area contributed by atoms with E-state index in [1.165, 1.54) is 4.57 Å². The number of hydrogen-bond acceptors (Lipinski definition) is 2. The molecule has 0 saturated heterocycles. The monoisotopic (exact) mass is 361 g/mol. The van der Waals surface area contributed by atoms with Crippen molar-refractivity contribution in [1.29, 1.82) is 0 Å². The van der Waals surface area contributed by atoms with Crippen LogP contribution in [-0.2, 0) is 0 Å². The summed E-state index contributed by atoms with van der Waals surface area (Å²) in [6, 6.07) is 26.0. The predicted octanol–water partition coefficient (Wildman–Crippen LogP) is 5.88.